The molecule has 0 bridgehead atoms. The first-order chi connectivity index (χ1) is 4.22. The van der Waals surface area contributed by atoms with Crippen molar-refractivity contribution in [1.82, 2.24) is 0 Å². The Hall–Kier alpha value is 0.220. The van der Waals surface area contributed by atoms with Crippen LogP contribution in [0.3, 0.4) is 0 Å². The Labute approximate surface area is 65.5 Å². The molecule has 0 aromatic rings. The van der Waals surface area contributed by atoms with E-state index in [2.05, 4.69) is 35.9 Å². The minimum absolute atomic E-state index is 0.804. The summed E-state index contributed by atoms with van der Waals surface area (Å²) in [5.41, 5.74) is 0. The molecule has 0 saturated heterocycles. The molecule has 1 rings (SSSR count). The first-order valence-corrected chi connectivity index (χ1v) is 4.36. The zero-order chi connectivity index (χ0) is 6.85. The molecule has 1 heteroatoms. The maximum atomic E-state index is 3.57. The third-order valence-corrected chi connectivity index (χ3v) is 2.89. The molecule has 0 saturated carbocycles. The Kier molecular flexibility index (Phi) is 2.34. The third-order valence-electron chi connectivity index (χ3n) is 1.98. The van der Waals surface area contributed by atoms with Gasteiger partial charge in [-0.05, 0) is 29.2 Å². The monoisotopic (exact) mass is 188 g/mol. The minimum atomic E-state index is 0.804. The molecule has 1 atom stereocenters. The largest absolute Gasteiger partial charge is 0.0741 e. The second-order valence-electron chi connectivity index (χ2n) is 3.02. The van der Waals surface area contributed by atoms with Crippen LogP contribution in [0.15, 0.2) is 10.6 Å². The summed E-state index contributed by atoms with van der Waals surface area (Å²) in [5, 5.41) is 0. The molecule has 0 heterocycles. The molecule has 0 aromatic carbocycles. The molecule has 0 N–H and O–H groups in total. The van der Waals surface area contributed by atoms with E-state index in [-0.39, 0.29) is 0 Å². The van der Waals surface area contributed by atoms with Crippen LogP contribution >= 0.6 is 15.9 Å². The van der Waals surface area contributed by atoms with E-state index < -0.39 is 0 Å². The Bertz CT molecular complexity index is 125. The van der Waals surface area contributed by atoms with E-state index in [1.54, 1.807) is 0 Å². The number of hydrogen-bond acceptors (Lipinski definition) is 0. The summed E-state index contributed by atoms with van der Waals surface area (Å²) in [4.78, 5) is 0. The van der Waals surface area contributed by atoms with Gasteiger partial charge in [0.25, 0.3) is 0 Å². The van der Waals surface area contributed by atoms with Crippen molar-refractivity contribution in [3.63, 3.8) is 0 Å². The molecule has 0 aromatic heterocycles. The summed E-state index contributed by atoms with van der Waals surface area (Å²) in [5.74, 6) is 1.61. The van der Waals surface area contributed by atoms with Gasteiger partial charge in [0.1, 0.15) is 0 Å². The minimum Gasteiger partial charge on any atom is -0.0741 e. The molecule has 0 amide bonds. The summed E-state index contributed by atoms with van der Waals surface area (Å²) in [6.07, 6.45) is 4.91. The molecule has 0 fully saturated rings. The summed E-state index contributed by atoms with van der Waals surface area (Å²) < 4.78 is 1.43. The van der Waals surface area contributed by atoms with Gasteiger partial charge in [-0.1, -0.05) is 35.9 Å². The lowest BCUT2D eigenvalue weighted by Crippen LogP contribution is -2.03. The maximum Gasteiger partial charge on any atom is -0.00556 e. The molecule has 9 heavy (non-hydrogen) atoms. The van der Waals surface area contributed by atoms with E-state index in [1.165, 1.54) is 17.3 Å². The number of rotatable bonds is 1. The van der Waals surface area contributed by atoms with Gasteiger partial charge >= 0.3 is 0 Å². The second-order valence-corrected chi connectivity index (χ2v) is 3.93. The summed E-state index contributed by atoms with van der Waals surface area (Å²) in [6.45, 7) is 4.57. The molecule has 1 aliphatic rings. The Balaban J connectivity index is 2.53. The molecule has 0 nitrogen and oxygen atoms in total. The second kappa shape index (κ2) is 2.87. The molecule has 52 valence electrons. The summed E-state index contributed by atoms with van der Waals surface area (Å²) in [7, 11) is 0. The van der Waals surface area contributed by atoms with Crippen LogP contribution in [0.5, 0.6) is 0 Å². The first kappa shape index (κ1) is 7.33. The highest BCUT2D eigenvalue weighted by Gasteiger charge is 2.19. The van der Waals surface area contributed by atoms with Gasteiger partial charge in [0.05, 0.1) is 0 Å². The lowest BCUT2D eigenvalue weighted by Gasteiger charge is -2.13. The van der Waals surface area contributed by atoms with Crippen LogP contribution in [0.1, 0.15) is 26.7 Å². The predicted molar refractivity (Wildman–Crippen MR) is 44.6 cm³/mol. The fourth-order valence-electron chi connectivity index (χ4n) is 1.34. The SMILES string of the molecule is CC(C)C1CCC=C1Br. The number of allylic oxidation sites excluding steroid dienone is 2. The van der Waals surface area contributed by atoms with Gasteiger partial charge in [0, 0.05) is 0 Å². The fourth-order valence-corrected chi connectivity index (χ4v) is 2.33. The molecular formula is C8H13Br. The molecule has 0 radical (unpaired) electrons. The van der Waals surface area contributed by atoms with E-state index in [0.717, 1.165) is 11.8 Å². The van der Waals surface area contributed by atoms with Crippen LogP contribution in [0.2, 0.25) is 0 Å². The molecule has 1 aliphatic carbocycles. The van der Waals surface area contributed by atoms with Crippen molar-refractivity contribution in [3.05, 3.63) is 10.6 Å². The normalized spacial score (nSPS) is 27.1. The van der Waals surface area contributed by atoms with Crippen LogP contribution in [-0.4, -0.2) is 0 Å². The van der Waals surface area contributed by atoms with Gasteiger partial charge in [-0.15, -0.1) is 0 Å². The zero-order valence-corrected chi connectivity index (χ0v) is 7.61. The van der Waals surface area contributed by atoms with Gasteiger partial charge < -0.3 is 0 Å². The molecular weight excluding hydrogens is 176 g/mol. The lowest BCUT2D eigenvalue weighted by molar-refractivity contribution is 0.455. The van der Waals surface area contributed by atoms with Gasteiger partial charge in [-0.25, -0.2) is 0 Å². The van der Waals surface area contributed by atoms with E-state index in [9.17, 15) is 0 Å². The van der Waals surface area contributed by atoms with Gasteiger partial charge in [-0.2, -0.15) is 0 Å². The third kappa shape index (κ3) is 1.57. The predicted octanol–water partition coefficient (Wildman–Crippen LogP) is 3.33. The summed E-state index contributed by atoms with van der Waals surface area (Å²) in [6, 6.07) is 0. The van der Waals surface area contributed by atoms with Gasteiger partial charge in [-0.3, -0.25) is 0 Å². The highest BCUT2D eigenvalue weighted by Crippen LogP contribution is 2.35. The number of hydrogen-bond donors (Lipinski definition) is 0. The quantitative estimate of drug-likeness (QED) is 0.593. The van der Waals surface area contributed by atoms with Crippen LogP contribution in [0.25, 0.3) is 0 Å². The molecule has 1 unspecified atom stereocenters. The van der Waals surface area contributed by atoms with Crippen molar-refractivity contribution in [2.45, 2.75) is 26.7 Å². The lowest BCUT2D eigenvalue weighted by atomic mass is 9.96. The topological polar surface area (TPSA) is 0 Å². The van der Waals surface area contributed by atoms with E-state index >= 15 is 0 Å². The zero-order valence-electron chi connectivity index (χ0n) is 6.02. The Morgan fingerprint density at radius 1 is 1.67 bits per heavy atom. The fraction of sp³-hybridized carbons (Fsp3) is 0.750. The van der Waals surface area contributed by atoms with Crippen LogP contribution in [0.4, 0.5) is 0 Å². The van der Waals surface area contributed by atoms with Crippen LogP contribution < -0.4 is 0 Å². The summed E-state index contributed by atoms with van der Waals surface area (Å²) >= 11 is 3.57. The average molecular weight is 189 g/mol. The molecule has 0 aliphatic heterocycles. The van der Waals surface area contributed by atoms with Crippen molar-refractivity contribution < 1.29 is 0 Å². The van der Waals surface area contributed by atoms with Crippen molar-refractivity contribution in [2.75, 3.05) is 0 Å². The van der Waals surface area contributed by atoms with E-state index in [1.807, 2.05) is 0 Å². The van der Waals surface area contributed by atoms with Crippen LogP contribution in [-0.2, 0) is 0 Å². The Morgan fingerprint density at radius 2 is 2.33 bits per heavy atom. The highest BCUT2D eigenvalue weighted by atomic mass is 79.9. The maximum absolute atomic E-state index is 3.57. The number of halogens is 1. The molecule has 0 spiro atoms. The van der Waals surface area contributed by atoms with Crippen molar-refractivity contribution in [2.24, 2.45) is 11.8 Å². The average Bonchev–Trinajstić information content (AvgIpc) is 2.13. The van der Waals surface area contributed by atoms with E-state index in [4.69, 9.17) is 0 Å². The van der Waals surface area contributed by atoms with Gasteiger partial charge in [0.15, 0.2) is 0 Å². The smallest absolute Gasteiger partial charge is 0.00556 e. The first-order valence-electron chi connectivity index (χ1n) is 3.57. The Morgan fingerprint density at radius 3 is 2.56 bits per heavy atom. The van der Waals surface area contributed by atoms with Crippen molar-refractivity contribution in [1.29, 1.82) is 0 Å². The highest BCUT2D eigenvalue weighted by molar-refractivity contribution is 9.11. The van der Waals surface area contributed by atoms with E-state index in [0.29, 0.717) is 0 Å². The van der Waals surface area contributed by atoms with Crippen LogP contribution in [0, 0.1) is 11.8 Å². The van der Waals surface area contributed by atoms with Crippen molar-refractivity contribution >= 4 is 15.9 Å². The standard InChI is InChI=1S/C8H13Br/c1-6(2)7-4-3-5-8(7)9/h5-7H,3-4H2,1-2H3. The van der Waals surface area contributed by atoms with Crippen molar-refractivity contribution in [3.8, 4) is 0 Å². The van der Waals surface area contributed by atoms with Gasteiger partial charge in [0.2, 0.25) is 0 Å².